The molecule has 0 heterocycles. The van der Waals surface area contributed by atoms with Crippen molar-refractivity contribution in [3.63, 3.8) is 0 Å². The second-order valence-corrected chi connectivity index (χ2v) is 6.89. The fourth-order valence-electron chi connectivity index (χ4n) is 0.593. The molecule has 0 amide bonds. The van der Waals surface area contributed by atoms with E-state index in [1.807, 2.05) is 0 Å². The highest BCUT2D eigenvalue weighted by atomic mass is 32.2. The van der Waals surface area contributed by atoms with E-state index < -0.39 is 26.9 Å². The minimum absolute atomic E-state index is 0.0528. The number of aliphatic hydroxyl groups is 1. The largest absolute Gasteiger partial charge is 0.392 e. The predicted octanol–water partition coefficient (Wildman–Crippen LogP) is -0.588. The summed E-state index contributed by atoms with van der Waals surface area (Å²) < 4.78 is 24.6. The molecular formula is C8H20N2O3S. The van der Waals surface area contributed by atoms with Gasteiger partial charge in [-0.05, 0) is 27.7 Å². The molecular weight excluding hydrogens is 204 g/mol. The van der Waals surface area contributed by atoms with E-state index in [4.69, 9.17) is 10.8 Å². The van der Waals surface area contributed by atoms with E-state index in [-0.39, 0.29) is 6.54 Å². The molecule has 0 saturated heterocycles. The molecule has 5 nitrogen and oxygen atoms in total. The van der Waals surface area contributed by atoms with Crippen LogP contribution in [-0.2, 0) is 10.0 Å². The maximum atomic E-state index is 11.5. The minimum atomic E-state index is -3.37. The Morgan fingerprint density at radius 3 is 2.14 bits per heavy atom. The lowest BCUT2D eigenvalue weighted by atomic mass is 10.2. The van der Waals surface area contributed by atoms with Gasteiger partial charge in [0.05, 0.1) is 10.9 Å². The topological polar surface area (TPSA) is 92.4 Å². The monoisotopic (exact) mass is 224 g/mol. The van der Waals surface area contributed by atoms with Gasteiger partial charge in [-0.1, -0.05) is 0 Å². The molecule has 0 bridgehead atoms. The van der Waals surface area contributed by atoms with Gasteiger partial charge in [0, 0.05) is 12.6 Å². The fourth-order valence-corrected chi connectivity index (χ4v) is 1.44. The summed E-state index contributed by atoms with van der Waals surface area (Å²) in [5, 5.41) is 9.06. The van der Waals surface area contributed by atoms with E-state index in [1.165, 1.54) is 6.92 Å². The molecule has 0 saturated carbocycles. The third kappa shape index (κ3) is 3.91. The molecule has 0 radical (unpaired) electrons. The first-order chi connectivity index (χ1) is 6.08. The normalized spacial score (nSPS) is 17.9. The van der Waals surface area contributed by atoms with Crippen LogP contribution in [0.2, 0.25) is 0 Å². The standard InChI is InChI=1S/C8H20N2O3S/c1-6(11)7(9)5-10-14(12,13)8(2,3)4/h6-7,10-11H,5,9H2,1-4H3. The number of sulfonamides is 1. The molecule has 0 fully saturated rings. The van der Waals surface area contributed by atoms with Gasteiger partial charge in [0.15, 0.2) is 0 Å². The Hall–Kier alpha value is -0.170. The maximum Gasteiger partial charge on any atom is 0.216 e. The van der Waals surface area contributed by atoms with Crippen molar-refractivity contribution in [3.05, 3.63) is 0 Å². The number of nitrogens with two attached hydrogens (primary N) is 1. The van der Waals surface area contributed by atoms with Crippen LogP contribution in [0.4, 0.5) is 0 Å². The van der Waals surface area contributed by atoms with Crippen LogP contribution >= 0.6 is 0 Å². The smallest absolute Gasteiger partial charge is 0.216 e. The Bertz CT molecular complexity index is 267. The Balaban J connectivity index is 4.29. The highest BCUT2D eigenvalue weighted by Gasteiger charge is 2.29. The van der Waals surface area contributed by atoms with Crippen LogP contribution in [0.5, 0.6) is 0 Å². The first kappa shape index (κ1) is 13.8. The SMILES string of the molecule is CC(O)C(N)CNS(=O)(=O)C(C)(C)C. The summed E-state index contributed by atoms with van der Waals surface area (Å²) in [5.41, 5.74) is 5.49. The molecule has 2 atom stereocenters. The molecule has 0 aliphatic heterocycles. The summed E-state index contributed by atoms with van der Waals surface area (Å²) >= 11 is 0. The molecule has 4 N–H and O–H groups in total. The van der Waals surface area contributed by atoms with Crippen molar-refractivity contribution < 1.29 is 13.5 Å². The lowest BCUT2D eigenvalue weighted by Crippen LogP contribution is -2.48. The van der Waals surface area contributed by atoms with Gasteiger partial charge in [0.2, 0.25) is 10.0 Å². The zero-order valence-corrected chi connectivity index (χ0v) is 9.93. The number of hydrogen-bond donors (Lipinski definition) is 3. The average molecular weight is 224 g/mol. The van der Waals surface area contributed by atoms with Crippen molar-refractivity contribution in [2.45, 2.75) is 44.6 Å². The van der Waals surface area contributed by atoms with Crippen molar-refractivity contribution in [2.75, 3.05) is 6.54 Å². The molecule has 6 heteroatoms. The van der Waals surface area contributed by atoms with Crippen molar-refractivity contribution >= 4 is 10.0 Å². The Labute approximate surface area is 85.7 Å². The summed E-state index contributed by atoms with van der Waals surface area (Å²) in [7, 11) is -3.37. The molecule has 0 aliphatic rings. The van der Waals surface area contributed by atoms with E-state index in [1.54, 1.807) is 20.8 Å². The van der Waals surface area contributed by atoms with E-state index in [0.29, 0.717) is 0 Å². The molecule has 0 aromatic rings. The number of nitrogens with one attached hydrogen (secondary N) is 1. The molecule has 14 heavy (non-hydrogen) atoms. The van der Waals surface area contributed by atoms with Crippen LogP contribution in [-0.4, -0.2) is 37.0 Å². The fraction of sp³-hybridized carbons (Fsp3) is 1.00. The third-order valence-corrected chi connectivity index (χ3v) is 4.09. The van der Waals surface area contributed by atoms with Gasteiger partial charge < -0.3 is 10.8 Å². The highest BCUT2D eigenvalue weighted by Crippen LogP contribution is 2.12. The first-order valence-corrected chi connectivity index (χ1v) is 5.99. The zero-order chi connectivity index (χ0) is 11.6. The van der Waals surface area contributed by atoms with Gasteiger partial charge in [-0.25, -0.2) is 13.1 Å². The number of aliphatic hydroxyl groups excluding tert-OH is 1. The van der Waals surface area contributed by atoms with Gasteiger partial charge in [0.1, 0.15) is 0 Å². The summed E-state index contributed by atoms with van der Waals surface area (Å²) in [5.74, 6) is 0. The van der Waals surface area contributed by atoms with Crippen LogP contribution in [0.25, 0.3) is 0 Å². The molecule has 0 spiro atoms. The van der Waals surface area contributed by atoms with Gasteiger partial charge in [-0.15, -0.1) is 0 Å². The van der Waals surface area contributed by atoms with E-state index >= 15 is 0 Å². The maximum absolute atomic E-state index is 11.5. The van der Waals surface area contributed by atoms with Crippen LogP contribution < -0.4 is 10.5 Å². The third-order valence-electron chi connectivity index (χ3n) is 1.93. The van der Waals surface area contributed by atoms with E-state index in [9.17, 15) is 8.42 Å². The second kappa shape index (κ2) is 4.57. The van der Waals surface area contributed by atoms with Crippen LogP contribution in [0.3, 0.4) is 0 Å². The van der Waals surface area contributed by atoms with Gasteiger partial charge in [-0.3, -0.25) is 0 Å². The van der Waals surface area contributed by atoms with Gasteiger partial charge in [0.25, 0.3) is 0 Å². The summed E-state index contributed by atoms with van der Waals surface area (Å²) in [6, 6.07) is -0.577. The zero-order valence-electron chi connectivity index (χ0n) is 9.11. The van der Waals surface area contributed by atoms with E-state index in [0.717, 1.165) is 0 Å². The molecule has 0 aromatic carbocycles. The Morgan fingerprint density at radius 1 is 1.43 bits per heavy atom. The summed E-state index contributed by atoms with van der Waals surface area (Å²) in [6.45, 7) is 6.38. The van der Waals surface area contributed by atoms with Crippen molar-refractivity contribution in [2.24, 2.45) is 5.73 Å². The Morgan fingerprint density at radius 2 is 1.86 bits per heavy atom. The summed E-state index contributed by atoms with van der Waals surface area (Å²) in [6.07, 6.45) is -0.724. The molecule has 2 unspecified atom stereocenters. The lowest BCUT2D eigenvalue weighted by molar-refractivity contribution is 0.164. The van der Waals surface area contributed by atoms with Crippen molar-refractivity contribution in [1.29, 1.82) is 0 Å². The Kier molecular flexibility index (Phi) is 4.51. The van der Waals surface area contributed by atoms with Gasteiger partial charge >= 0.3 is 0 Å². The second-order valence-electron chi connectivity index (χ2n) is 4.37. The quantitative estimate of drug-likeness (QED) is 0.595. The first-order valence-electron chi connectivity index (χ1n) is 4.51. The van der Waals surface area contributed by atoms with Crippen LogP contribution in [0, 0.1) is 0 Å². The van der Waals surface area contributed by atoms with Crippen molar-refractivity contribution in [3.8, 4) is 0 Å². The average Bonchev–Trinajstić information content (AvgIpc) is 1.97. The summed E-state index contributed by atoms with van der Waals surface area (Å²) in [4.78, 5) is 0. The lowest BCUT2D eigenvalue weighted by Gasteiger charge is -2.22. The van der Waals surface area contributed by atoms with Crippen molar-refractivity contribution in [1.82, 2.24) is 4.72 Å². The number of rotatable bonds is 4. The minimum Gasteiger partial charge on any atom is -0.392 e. The molecule has 86 valence electrons. The predicted molar refractivity (Wildman–Crippen MR) is 56.3 cm³/mol. The molecule has 0 rings (SSSR count). The molecule has 0 aromatic heterocycles. The van der Waals surface area contributed by atoms with Crippen LogP contribution in [0.1, 0.15) is 27.7 Å². The number of hydrogen-bond acceptors (Lipinski definition) is 4. The van der Waals surface area contributed by atoms with Gasteiger partial charge in [-0.2, -0.15) is 0 Å². The highest BCUT2D eigenvalue weighted by molar-refractivity contribution is 7.90. The molecule has 0 aliphatic carbocycles. The van der Waals surface area contributed by atoms with Crippen LogP contribution in [0.15, 0.2) is 0 Å². The van der Waals surface area contributed by atoms with E-state index in [2.05, 4.69) is 4.72 Å².